The zero-order valence-corrected chi connectivity index (χ0v) is 11.4. The first-order valence-electron chi connectivity index (χ1n) is 7.09. The molecule has 0 N–H and O–H groups in total. The first kappa shape index (κ1) is 14.0. The Kier molecular flexibility index (Phi) is 7.06. The molecule has 0 saturated carbocycles. The van der Waals surface area contributed by atoms with Gasteiger partial charge in [-0.3, -0.25) is 0 Å². The Morgan fingerprint density at radius 3 is 2.38 bits per heavy atom. The van der Waals surface area contributed by atoms with Crippen LogP contribution in [0.25, 0.3) is 0 Å². The van der Waals surface area contributed by atoms with Crippen LogP contribution >= 0.6 is 0 Å². The Labute approximate surface area is 101 Å². The van der Waals surface area contributed by atoms with Gasteiger partial charge in [-0.05, 0) is 33.1 Å². The van der Waals surface area contributed by atoms with Crippen molar-refractivity contribution in [1.29, 1.82) is 0 Å². The molecule has 0 atom stereocenters. The number of hydrogen-bond donors (Lipinski definition) is 0. The van der Waals surface area contributed by atoms with Crippen LogP contribution in [0.5, 0.6) is 0 Å². The summed E-state index contributed by atoms with van der Waals surface area (Å²) in [4.78, 5) is 2.55. The van der Waals surface area contributed by atoms with Gasteiger partial charge < -0.3 is 9.64 Å². The lowest BCUT2D eigenvalue weighted by molar-refractivity contribution is -0.000110. The fourth-order valence-electron chi connectivity index (χ4n) is 2.34. The minimum absolute atomic E-state index is 0.539. The quantitative estimate of drug-likeness (QED) is 0.618. The van der Waals surface area contributed by atoms with Crippen molar-refractivity contribution in [1.82, 2.24) is 4.90 Å². The number of hydrogen-bond acceptors (Lipinski definition) is 2. The minimum atomic E-state index is 0.539. The summed E-state index contributed by atoms with van der Waals surface area (Å²) in [5, 5.41) is 0. The average molecular weight is 227 g/mol. The predicted molar refractivity (Wildman–Crippen MR) is 69.8 cm³/mol. The van der Waals surface area contributed by atoms with Gasteiger partial charge in [-0.1, -0.05) is 26.2 Å². The monoisotopic (exact) mass is 227 g/mol. The van der Waals surface area contributed by atoms with Crippen LogP contribution in [0.4, 0.5) is 0 Å². The van der Waals surface area contributed by atoms with Gasteiger partial charge in [0.25, 0.3) is 0 Å². The van der Waals surface area contributed by atoms with E-state index in [0.717, 1.165) is 6.61 Å². The van der Waals surface area contributed by atoms with E-state index >= 15 is 0 Å². The number of unbranched alkanes of at least 4 members (excludes halogenated alkanes) is 3. The summed E-state index contributed by atoms with van der Waals surface area (Å²) in [6.45, 7) is 10.2. The molecule has 0 aliphatic carbocycles. The van der Waals surface area contributed by atoms with Crippen molar-refractivity contribution in [2.45, 2.75) is 71.4 Å². The van der Waals surface area contributed by atoms with Gasteiger partial charge in [0.05, 0.1) is 6.10 Å². The topological polar surface area (TPSA) is 12.5 Å². The SMILES string of the molecule is CCCCCCOC1CCN(C(C)C)CC1. The Hall–Kier alpha value is -0.0800. The van der Waals surface area contributed by atoms with Crippen LogP contribution in [0.15, 0.2) is 0 Å². The Balaban J connectivity index is 1.99. The lowest BCUT2D eigenvalue weighted by Gasteiger charge is -2.34. The number of piperidine rings is 1. The number of nitrogens with zero attached hydrogens (tertiary/aromatic N) is 1. The Bertz CT molecular complexity index is 162. The van der Waals surface area contributed by atoms with Crippen molar-refractivity contribution in [2.24, 2.45) is 0 Å². The highest BCUT2D eigenvalue weighted by Crippen LogP contribution is 2.16. The molecule has 1 rings (SSSR count). The molecular weight excluding hydrogens is 198 g/mol. The standard InChI is InChI=1S/C14H29NO/c1-4-5-6-7-12-16-14-8-10-15(11-9-14)13(2)3/h13-14H,4-12H2,1-3H3. The number of ether oxygens (including phenoxy) is 1. The smallest absolute Gasteiger partial charge is 0.0599 e. The second kappa shape index (κ2) is 8.08. The second-order valence-electron chi connectivity index (χ2n) is 5.26. The van der Waals surface area contributed by atoms with E-state index in [2.05, 4.69) is 25.7 Å². The molecule has 0 radical (unpaired) electrons. The van der Waals surface area contributed by atoms with Gasteiger partial charge in [0.2, 0.25) is 0 Å². The molecule has 2 nitrogen and oxygen atoms in total. The highest BCUT2D eigenvalue weighted by molar-refractivity contribution is 4.74. The molecule has 1 aliphatic heterocycles. The summed E-state index contributed by atoms with van der Waals surface area (Å²) in [7, 11) is 0. The molecular formula is C14H29NO. The lowest BCUT2D eigenvalue weighted by Crippen LogP contribution is -2.40. The fraction of sp³-hybridized carbons (Fsp3) is 1.00. The van der Waals surface area contributed by atoms with Crippen molar-refractivity contribution in [3.05, 3.63) is 0 Å². The van der Waals surface area contributed by atoms with Crippen molar-refractivity contribution < 1.29 is 4.74 Å². The van der Waals surface area contributed by atoms with Crippen molar-refractivity contribution >= 4 is 0 Å². The second-order valence-corrected chi connectivity index (χ2v) is 5.26. The molecule has 1 aliphatic rings. The highest BCUT2D eigenvalue weighted by Gasteiger charge is 2.20. The molecule has 1 heterocycles. The third-order valence-corrected chi connectivity index (χ3v) is 3.56. The highest BCUT2D eigenvalue weighted by atomic mass is 16.5. The minimum Gasteiger partial charge on any atom is -0.378 e. The average Bonchev–Trinajstić information content (AvgIpc) is 2.29. The maximum atomic E-state index is 5.93. The number of likely N-dealkylation sites (tertiary alicyclic amines) is 1. The van der Waals surface area contributed by atoms with Gasteiger partial charge in [0.1, 0.15) is 0 Å². The van der Waals surface area contributed by atoms with Crippen molar-refractivity contribution in [3.8, 4) is 0 Å². The zero-order valence-electron chi connectivity index (χ0n) is 11.4. The third kappa shape index (κ3) is 5.31. The van der Waals surface area contributed by atoms with Crippen LogP contribution in [-0.2, 0) is 4.74 Å². The zero-order chi connectivity index (χ0) is 11.8. The van der Waals surface area contributed by atoms with E-state index in [1.165, 1.54) is 51.6 Å². The van der Waals surface area contributed by atoms with E-state index in [-0.39, 0.29) is 0 Å². The Morgan fingerprint density at radius 1 is 1.12 bits per heavy atom. The predicted octanol–water partition coefficient (Wildman–Crippen LogP) is 3.46. The molecule has 0 aromatic heterocycles. The fourth-order valence-corrected chi connectivity index (χ4v) is 2.34. The normalized spacial score (nSPS) is 19.5. The van der Waals surface area contributed by atoms with Crippen LogP contribution < -0.4 is 0 Å². The number of rotatable bonds is 7. The summed E-state index contributed by atoms with van der Waals surface area (Å²) in [6.07, 6.45) is 8.25. The van der Waals surface area contributed by atoms with E-state index in [9.17, 15) is 0 Å². The van der Waals surface area contributed by atoms with Crippen molar-refractivity contribution in [2.75, 3.05) is 19.7 Å². The van der Waals surface area contributed by atoms with Gasteiger partial charge in [-0.15, -0.1) is 0 Å². The van der Waals surface area contributed by atoms with E-state index < -0.39 is 0 Å². The van der Waals surface area contributed by atoms with Crippen molar-refractivity contribution in [3.63, 3.8) is 0 Å². The summed E-state index contributed by atoms with van der Waals surface area (Å²) in [5.74, 6) is 0. The summed E-state index contributed by atoms with van der Waals surface area (Å²) >= 11 is 0. The van der Waals surface area contributed by atoms with Gasteiger partial charge in [0, 0.05) is 25.7 Å². The van der Waals surface area contributed by atoms with Gasteiger partial charge >= 0.3 is 0 Å². The van der Waals surface area contributed by atoms with Gasteiger partial charge in [-0.2, -0.15) is 0 Å². The van der Waals surface area contributed by atoms with Gasteiger partial charge in [-0.25, -0.2) is 0 Å². The van der Waals surface area contributed by atoms with E-state index in [1.807, 2.05) is 0 Å². The largest absolute Gasteiger partial charge is 0.378 e. The molecule has 1 fully saturated rings. The van der Waals surface area contributed by atoms with Crippen LogP contribution in [-0.4, -0.2) is 36.7 Å². The lowest BCUT2D eigenvalue weighted by atomic mass is 10.1. The van der Waals surface area contributed by atoms with Crippen LogP contribution in [0.1, 0.15) is 59.3 Å². The van der Waals surface area contributed by atoms with E-state index in [0.29, 0.717) is 12.1 Å². The summed E-state index contributed by atoms with van der Waals surface area (Å²) in [5.41, 5.74) is 0. The van der Waals surface area contributed by atoms with Gasteiger partial charge in [0.15, 0.2) is 0 Å². The molecule has 96 valence electrons. The Morgan fingerprint density at radius 2 is 1.81 bits per heavy atom. The molecule has 0 amide bonds. The van der Waals surface area contributed by atoms with E-state index in [4.69, 9.17) is 4.74 Å². The first-order chi connectivity index (χ1) is 7.74. The van der Waals surface area contributed by atoms with Crippen LogP contribution in [0.3, 0.4) is 0 Å². The molecule has 2 heteroatoms. The van der Waals surface area contributed by atoms with Crippen LogP contribution in [0.2, 0.25) is 0 Å². The van der Waals surface area contributed by atoms with Crippen LogP contribution in [0, 0.1) is 0 Å². The molecule has 0 spiro atoms. The summed E-state index contributed by atoms with van der Waals surface area (Å²) in [6, 6.07) is 0.700. The van der Waals surface area contributed by atoms with E-state index in [1.54, 1.807) is 0 Å². The maximum absolute atomic E-state index is 5.93. The molecule has 0 aromatic carbocycles. The summed E-state index contributed by atoms with van der Waals surface area (Å²) < 4.78 is 5.93. The third-order valence-electron chi connectivity index (χ3n) is 3.56. The first-order valence-corrected chi connectivity index (χ1v) is 7.09. The molecule has 16 heavy (non-hydrogen) atoms. The molecule has 0 unspecified atom stereocenters. The molecule has 0 bridgehead atoms. The molecule has 1 saturated heterocycles. The molecule has 0 aromatic rings. The maximum Gasteiger partial charge on any atom is 0.0599 e.